The van der Waals surface area contributed by atoms with Crippen LogP contribution in [-0.4, -0.2) is 17.3 Å². The van der Waals surface area contributed by atoms with Crippen LogP contribution in [0.4, 0.5) is 10.1 Å². The molecule has 4 nitrogen and oxygen atoms in total. The number of nitrogens with zero attached hydrogens (tertiary/aromatic N) is 1. The number of carbonyl (C=O) groups excluding carboxylic acids is 1. The quantitative estimate of drug-likeness (QED) is 0.295. The molecule has 0 spiro atoms. The molecule has 15 heavy (non-hydrogen) atoms. The van der Waals surface area contributed by atoms with Gasteiger partial charge in [0.1, 0.15) is 12.0 Å². The van der Waals surface area contributed by atoms with Gasteiger partial charge >= 0.3 is 0 Å². The molecular formula is C9H8FIN2O2. The summed E-state index contributed by atoms with van der Waals surface area (Å²) in [6.45, 7) is 0. The molecule has 0 atom stereocenters. The number of rotatable bonds is 3. The molecule has 0 bridgehead atoms. The summed E-state index contributed by atoms with van der Waals surface area (Å²) in [5.41, 5.74) is 1.11. The predicted molar refractivity (Wildman–Crippen MR) is 63.0 cm³/mol. The molecule has 0 radical (unpaired) electrons. The first-order valence-electron chi connectivity index (χ1n) is 3.99. The van der Waals surface area contributed by atoms with Gasteiger partial charge in [0.05, 0.1) is 0 Å². The maximum absolute atomic E-state index is 13.0. The first kappa shape index (κ1) is 11.9. The minimum atomic E-state index is -0.609. The van der Waals surface area contributed by atoms with Gasteiger partial charge in [0, 0.05) is 10.1 Å². The van der Waals surface area contributed by atoms with Crippen molar-refractivity contribution >= 4 is 40.4 Å². The van der Waals surface area contributed by atoms with Crippen molar-refractivity contribution in [1.82, 2.24) is 0 Å². The summed E-state index contributed by atoms with van der Waals surface area (Å²) in [5, 5.41) is 13.0. The van der Waals surface area contributed by atoms with Crippen molar-refractivity contribution in [2.24, 2.45) is 5.16 Å². The molecule has 2 N–H and O–H groups in total. The van der Waals surface area contributed by atoms with E-state index in [0.29, 0.717) is 16.3 Å². The van der Waals surface area contributed by atoms with Gasteiger partial charge in [0.25, 0.3) is 5.91 Å². The lowest BCUT2D eigenvalue weighted by molar-refractivity contribution is -0.110. The summed E-state index contributed by atoms with van der Waals surface area (Å²) >= 11 is 2.09. The Labute approximate surface area is 99.3 Å². The zero-order chi connectivity index (χ0) is 11.3. The van der Waals surface area contributed by atoms with Crippen molar-refractivity contribution in [1.29, 1.82) is 0 Å². The summed E-state index contributed by atoms with van der Waals surface area (Å²) in [4.78, 5) is 11.0. The number of benzene rings is 1. The van der Waals surface area contributed by atoms with E-state index in [4.69, 9.17) is 5.21 Å². The van der Waals surface area contributed by atoms with Gasteiger partial charge in [-0.05, 0) is 23.8 Å². The lowest BCUT2D eigenvalue weighted by Gasteiger charge is -2.04. The van der Waals surface area contributed by atoms with Crippen molar-refractivity contribution < 1.29 is 14.4 Å². The summed E-state index contributed by atoms with van der Waals surface area (Å²) in [7, 11) is 0. The minimum absolute atomic E-state index is 0.339. The zero-order valence-electron chi connectivity index (χ0n) is 7.58. The molecule has 0 aliphatic rings. The molecule has 1 rings (SSSR count). The molecule has 80 valence electrons. The molecule has 1 aromatic carbocycles. The molecule has 0 aliphatic carbocycles. The first-order valence-corrected chi connectivity index (χ1v) is 5.52. The number of amides is 1. The van der Waals surface area contributed by atoms with E-state index in [2.05, 4.69) is 33.1 Å². The second-order valence-corrected chi connectivity index (χ2v) is 3.48. The number of anilines is 1. The van der Waals surface area contributed by atoms with Gasteiger partial charge in [-0.3, -0.25) is 4.79 Å². The van der Waals surface area contributed by atoms with Crippen LogP contribution in [0, 0.1) is 5.82 Å². The second kappa shape index (κ2) is 5.64. The normalized spacial score (nSPS) is 10.5. The van der Waals surface area contributed by atoms with Crippen LogP contribution in [0.2, 0.25) is 0 Å². The topological polar surface area (TPSA) is 61.7 Å². The maximum atomic E-state index is 13.0. The number of oxime groups is 1. The SMILES string of the molecule is O=C(/C=N/O)Nc1cc(F)cc(CI)c1. The molecule has 1 amide bonds. The third-order valence-corrected chi connectivity index (χ3v) is 2.44. The van der Waals surface area contributed by atoms with E-state index in [-0.39, 0.29) is 0 Å². The molecule has 0 unspecified atom stereocenters. The summed E-state index contributed by atoms with van der Waals surface area (Å²) in [6, 6.07) is 4.24. The maximum Gasteiger partial charge on any atom is 0.270 e. The van der Waals surface area contributed by atoms with Crippen LogP contribution in [0.5, 0.6) is 0 Å². The molecule has 0 aliphatic heterocycles. The Balaban J connectivity index is 2.85. The number of hydrogen-bond donors (Lipinski definition) is 2. The fourth-order valence-corrected chi connectivity index (χ4v) is 1.47. The Bertz CT molecular complexity index is 396. The third kappa shape index (κ3) is 3.82. The monoisotopic (exact) mass is 322 g/mol. The lowest BCUT2D eigenvalue weighted by atomic mass is 10.2. The number of nitrogens with one attached hydrogen (secondary N) is 1. The van der Waals surface area contributed by atoms with E-state index in [0.717, 1.165) is 5.56 Å². The van der Waals surface area contributed by atoms with E-state index in [1.54, 1.807) is 6.07 Å². The summed E-state index contributed by atoms with van der Waals surface area (Å²) in [5.74, 6) is -1.03. The number of hydrogen-bond acceptors (Lipinski definition) is 3. The zero-order valence-corrected chi connectivity index (χ0v) is 9.73. The average Bonchev–Trinajstić information content (AvgIpc) is 2.17. The molecule has 0 aromatic heterocycles. The van der Waals surface area contributed by atoms with Crippen molar-refractivity contribution in [2.45, 2.75) is 4.43 Å². The molecule has 6 heteroatoms. The molecular weight excluding hydrogens is 314 g/mol. The van der Waals surface area contributed by atoms with Crippen LogP contribution in [0.1, 0.15) is 5.56 Å². The smallest absolute Gasteiger partial charge is 0.270 e. The third-order valence-electron chi connectivity index (χ3n) is 1.55. The Kier molecular flexibility index (Phi) is 4.47. The van der Waals surface area contributed by atoms with Crippen molar-refractivity contribution in [3.63, 3.8) is 0 Å². The van der Waals surface area contributed by atoms with Gasteiger partial charge in [0.15, 0.2) is 0 Å². The molecule has 0 heterocycles. The number of carbonyl (C=O) groups is 1. The Morgan fingerprint density at radius 1 is 1.60 bits per heavy atom. The van der Waals surface area contributed by atoms with E-state index < -0.39 is 11.7 Å². The van der Waals surface area contributed by atoms with Crippen LogP contribution in [-0.2, 0) is 9.22 Å². The molecule has 0 saturated heterocycles. The number of alkyl halides is 1. The highest BCUT2D eigenvalue weighted by Gasteiger charge is 2.02. The van der Waals surface area contributed by atoms with Crippen molar-refractivity contribution in [2.75, 3.05) is 5.32 Å². The van der Waals surface area contributed by atoms with Crippen LogP contribution in [0.3, 0.4) is 0 Å². The molecule has 0 saturated carbocycles. The Morgan fingerprint density at radius 3 is 2.93 bits per heavy atom. The van der Waals surface area contributed by atoms with E-state index in [9.17, 15) is 9.18 Å². The second-order valence-electron chi connectivity index (χ2n) is 2.72. The van der Waals surface area contributed by atoms with Gasteiger partial charge < -0.3 is 10.5 Å². The van der Waals surface area contributed by atoms with Gasteiger partial charge in [-0.1, -0.05) is 27.7 Å². The number of halogens is 2. The van der Waals surface area contributed by atoms with E-state index in [1.165, 1.54) is 12.1 Å². The van der Waals surface area contributed by atoms with Gasteiger partial charge in [0.2, 0.25) is 0 Å². The largest absolute Gasteiger partial charge is 0.411 e. The molecule has 1 aromatic rings. The van der Waals surface area contributed by atoms with Gasteiger partial charge in [-0.25, -0.2) is 4.39 Å². The Morgan fingerprint density at radius 2 is 2.33 bits per heavy atom. The lowest BCUT2D eigenvalue weighted by Crippen LogP contribution is -2.12. The predicted octanol–water partition coefficient (Wildman–Crippen LogP) is 2.16. The fourth-order valence-electron chi connectivity index (χ4n) is 1.03. The van der Waals surface area contributed by atoms with E-state index in [1.807, 2.05) is 0 Å². The highest BCUT2D eigenvalue weighted by molar-refractivity contribution is 14.1. The Hall–Kier alpha value is -1.18. The van der Waals surface area contributed by atoms with Gasteiger partial charge in [-0.2, -0.15) is 0 Å². The average molecular weight is 322 g/mol. The molecule has 0 fully saturated rings. The van der Waals surface area contributed by atoms with Crippen LogP contribution in [0.25, 0.3) is 0 Å². The van der Waals surface area contributed by atoms with Crippen LogP contribution < -0.4 is 5.32 Å². The highest BCUT2D eigenvalue weighted by Crippen LogP contribution is 2.16. The van der Waals surface area contributed by atoms with E-state index >= 15 is 0 Å². The fraction of sp³-hybridized carbons (Fsp3) is 0.111. The minimum Gasteiger partial charge on any atom is -0.411 e. The highest BCUT2D eigenvalue weighted by atomic mass is 127. The van der Waals surface area contributed by atoms with Crippen LogP contribution >= 0.6 is 22.6 Å². The van der Waals surface area contributed by atoms with Gasteiger partial charge in [-0.15, -0.1) is 0 Å². The summed E-state index contributed by atoms with van der Waals surface area (Å²) < 4.78 is 13.7. The van der Waals surface area contributed by atoms with Crippen molar-refractivity contribution in [3.05, 3.63) is 29.6 Å². The summed E-state index contributed by atoms with van der Waals surface area (Å²) in [6.07, 6.45) is 0.703. The van der Waals surface area contributed by atoms with Crippen LogP contribution in [0.15, 0.2) is 23.4 Å². The first-order chi connectivity index (χ1) is 7.15. The standard InChI is InChI=1S/C9H8FIN2O2/c10-7-1-6(4-11)2-8(3-7)13-9(14)5-12-15/h1-3,5,15H,4H2,(H,13,14)/b12-5+. The van der Waals surface area contributed by atoms with Crippen molar-refractivity contribution in [3.8, 4) is 0 Å².